The molecule has 1 aliphatic rings. The van der Waals surface area contributed by atoms with Gasteiger partial charge in [-0.05, 0) is 81.1 Å². The Kier molecular flexibility index (Phi) is 7.33. The zero-order valence-electron chi connectivity index (χ0n) is 33.0. The molecule has 9 aromatic carbocycles. The lowest BCUT2D eigenvalue weighted by Crippen LogP contribution is -2.06. The lowest BCUT2D eigenvalue weighted by atomic mass is 9.92. The van der Waals surface area contributed by atoms with Crippen LogP contribution in [-0.2, 0) is 6.42 Å². The molecule has 0 radical (unpaired) electrons. The first-order chi connectivity index (χ1) is 30.2. The van der Waals surface area contributed by atoms with E-state index in [1.807, 2.05) is 6.07 Å². The fraction of sp³-hybridized carbons (Fsp3) is 0.0175. The summed E-state index contributed by atoms with van der Waals surface area (Å²) in [5.41, 5.74) is 16.7. The van der Waals surface area contributed by atoms with E-state index in [-0.39, 0.29) is 0 Å². The van der Waals surface area contributed by atoms with Gasteiger partial charge in [0.25, 0.3) is 0 Å². The minimum atomic E-state index is 0.645. The summed E-state index contributed by atoms with van der Waals surface area (Å²) in [5, 5.41) is 6.99. The van der Waals surface area contributed by atoms with Gasteiger partial charge in [0.2, 0.25) is 0 Å². The van der Waals surface area contributed by atoms with Crippen LogP contribution in [0.5, 0.6) is 0 Å². The molecule has 61 heavy (non-hydrogen) atoms. The smallest absolute Gasteiger partial charge is 0.160 e. The van der Waals surface area contributed by atoms with Crippen LogP contribution in [0, 0.1) is 0 Å². The van der Waals surface area contributed by atoms with Crippen LogP contribution in [0.15, 0.2) is 205 Å². The highest BCUT2D eigenvalue weighted by Gasteiger charge is 2.28. The molecule has 0 atom stereocenters. The number of para-hydroxylation sites is 1. The van der Waals surface area contributed by atoms with Crippen LogP contribution in [-0.4, -0.2) is 14.5 Å². The first-order valence-electron chi connectivity index (χ1n) is 20.9. The standard InChI is InChI=1S/C57H35N3O/c1-3-12-36(13-4-1)38-23-25-39(26-24-38)53-49-30-35-22-27-44-48-33-41-16-7-8-17-42(41)34-51(48)60(50(44)31-35)55-47(29-28-46-45-20-9-10-21-52(45)61-56(46)55)54(49)59-57(58-53)43-19-11-18-40(32-43)37-14-5-2-6-15-37/h1-29,31-34H,30H2. The summed E-state index contributed by atoms with van der Waals surface area (Å²) in [6, 6.07) is 71.7. The quantitative estimate of drug-likeness (QED) is 0.179. The van der Waals surface area contributed by atoms with Crippen molar-refractivity contribution in [1.82, 2.24) is 14.5 Å². The maximum absolute atomic E-state index is 7.00. The van der Waals surface area contributed by atoms with Gasteiger partial charge in [0.1, 0.15) is 5.58 Å². The molecule has 0 amide bonds. The van der Waals surface area contributed by atoms with Crippen molar-refractivity contribution in [3.05, 3.63) is 211 Å². The second kappa shape index (κ2) is 13.2. The average molecular weight is 778 g/mol. The maximum atomic E-state index is 7.00. The van der Waals surface area contributed by atoms with Gasteiger partial charge in [0, 0.05) is 50.2 Å². The molecule has 4 heteroatoms. The van der Waals surface area contributed by atoms with E-state index < -0.39 is 0 Å². The van der Waals surface area contributed by atoms with Crippen LogP contribution in [0.2, 0.25) is 0 Å². The van der Waals surface area contributed by atoms with E-state index in [4.69, 9.17) is 14.4 Å². The third-order valence-corrected chi connectivity index (χ3v) is 12.6. The molecule has 13 rings (SSSR count). The monoisotopic (exact) mass is 777 g/mol. The summed E-state index contributed by atoms with van der Waals surface area (Å²) in [7, 11) is 0. The molecule has 4 heterocycles. The molecule has 2 bridgehead atoms. The highest BCUT2D eigenvalue weighted by atomic mass is 16.3. The zero-order valence-corrected chi connectivity index (χ0v) is 33.0. The van der Waals surface area contributed by atoms with Crippen LogP contribution in [0.4, 0.5) is 0 Å². The molecule has 0 unspecified atom stereocenters. The Balaban J connectivity index is 1.15. The summed E-state index contributed by atoms with van der Waals surface area (Å²) in [6.45, 7) is 0. The normalized spacial score (nSPS) is 12.2. The molecule has 12 aromatic rings. The average Bonchev–Trinajstić information content (AvgIpc) is 3.86. The third kappa shape index (κ3) is 5.32. The van der Waals surface area contributed by atoms with E-state index in [0.717, 1.165) is 89.0 Å². The topological polar surface area (TPSA) is 43.9 Å². The fourth-order valence-electron chi connectivity index (χ4n) is 9.65. The molecule has 0 N–H and O–H groups in total. The molecule has 0 fully saturated rings. The molecule has 0 spiro atoms. The maximum Gasteiger partial charge on any atom is 0.160 e. The molecule has 0 saturated carbocycles. The molecule has 4 nitrogen and oxygen atoms in total. The first kappa shape index (κ1) is 33.8. The van der Waals surface area contributed by atoms with Gasteiger partial charge < -0.3 is 8.98 Å². The number of benzene rings is 9. The van der Waals surface area contributed by atoms with Gasteiger partial charge in [-0.3, -0.25) is 0 Å². The van der Waals surface area contributed by atoms with Crippen LogP contribution in [0.1, 0.15) is 11.1 Å². The number of hydrogen-bond acceptors (Lipinski definition) is 3. The van der Waals surface area contributed by atoms with E-state index in [2.05, 4.69) is 199 Å². The molecular weight excluding hydrogens is 743 g/mol. The zero-order chi connectivity index (χ0) is 40.0. The second-order valence-electron chi connectivity index (χ2n) is 16.1. The summed E-state index contributed by atoms with van der Waals surface area (Å²) in [4.78, 5) is 11.2. The molecule has 284 valence electrons. The van der Waals surface area contributed by atoms with E-state index in [0.29, 0.717) is 12.2 Å². The van der Waals surface area contributed by atoms with Crippen LogP contribution < -0.4 is 0 Å². The predicted octanol–water partition coefficient (Wildman–Crippen LogP) is 14.9. The van der Waals surface area contributed by atoms with Gasteiger partial charge >= 0.3 is 0 Å². The van der Waals surface area contributed by atoms with Gasteiger partial charge in [0.15, 0.2) is 11.4 Å². The summed E-state index contributed by atoms with van der Waals surface area (Å²) in [5.74, 6) is 0.675. The first-order valence-corrected chi connectivity index (χ1v) is 20.9. The second-order valence-corrected chi connectivity index (χ2v) is 16.1. The fourth-order valence-corrected chi connectivity index (χ4v) is 9.65. The summed E-state index contributed by atoms with van der Waals surface area (Å²) < 4.78 is 9.44. The lowest BCUT2D eigenvalue weighted by Gasteiger charge is -2.19. The van der Waals surface area contributed by atoms with Crippen molar-refractivity contribution in [2.24, 2.45) is 0 Å². The lowest BCUT2D eigenvalue weighted by molar-refractivity contribution is 0.666. The summed E-state index contributed by atoms with van der Waals surface area (Å²) >= 11 is 0. The predicted molar refractivity (Wildman–Crippen MR) is 251 cm³/mol. The number of hydrogen-bond donors (Lipinski definition) is 0. The highest BCUT2D eigenvalue weighted by Crippen LogP contribution is 2.47. The van der Waals surface area contributed by atoms with Crippen molar-refractivity contribution in [3.63, 3.8) is 0 Å². The molecule has 0 saturated heterocycles. The third-order valence-electron chi connectivity index (χ3n) is 12.6. The van der Waals surface area contributed by atoms with E-state index in [9.17, 15) is 0 Å². The molecular formula is C57H35N3O. The largest absolute Gasteiger partial charge is 0.454 e. The van der Waals surface area contributed by atoms with E-state index >= 15 is 0 Å². The Morgan fingerprint density at radius 3 is 1.85 bits per heavy atom. The van der Waals surface area contributed by atoms with Crippen LogP contribution in [0.3, 0.4) is 0 Å². The number of fused-ring (bicyclic) bond motifs is 13. The van der Waals surface area contributed by atoms with Gasteiger partial charge in [-0.25, -0.2) is 9.97 Å². The van der Waals surface area contributed by atoms with Crippen LogP contribution in [0.25, 0.3) is 116 Å². The van der Waals surface area contributed by atoms with Crippen molar-refractivity contribution in [2.45, 2.75) is 6.42 Å². The van der Waals surface area contributed by atoms with Gasteiger partial charge in [-0.15, -0.1) is 0 Å². The molecule has 0 aliphatic carbocycles. The van der Waals surface area contributed by atoms with Gasteiger partial charge in [-0.1, -0.05) is 158 Å². The minimum Gasteiger partial charge on any atom is -0.454 e. The summed E-state index contributed by atoms with van der Waals surface area (Å²) in [6.07, 6.45) is 0.645. The Morgan fingerprint density at radius 2 is 1.03 bits per heavy atom. The van der Waals surface area contributed by atoms with Crippen molar-refractivity contribution < 1.29 is 4.42 Å². The molecule has 1 aliphatic heterocycles. The highest BCUT2D eigenvalue weighted by molar-refractivity contribution is 6.17. The van der Waals surface area contributed by atoms with Crippen molar-refractivity contribution in [1.29, 1.82) is 0 Å². The Labute approximate surface area is 351 Å². The van der Waals surface area contributed by atoms with Gasteiger partial charge in [0.05, 0.1) is 28.1 Å². The Morgan fingerprint density at radius 1 is 0.410 bits per heavy atom. The molecule has 3 aromatic heterocycles. The van der Waals surface area contributed by atoms with E-state index in [1.54, 1.807) is 0 Å². The SMILES string of the molecule is c1ccc(-c2ccc(-c3nc(-c4cccc(-c5ccccc5)c4)nc4c3Cc3ccc5c6cc7ccccc7cc6n(c5c3)-c3c-4ccc4c3oc3ccccc34)cc2)cc1. The minimum absolute atomic E-state index is 0.645. The Bertz CT molecular complexity index is 3710. The van der Waals surface area contributed by atoms with Crippen molar-refractivity contribution in [3.8, 4) is 61.8 Å². The van der Waals surface area contributed by atoms with Crippen molar-refractivity contribution in [2.75, 3.05) is 0 Å². The number of nitrogens with zero attached hydrogens (tertiary/aromatic N) is 3. The van der Waals surface area contributed by atoms with Gasteiger partial charge in [-0.2, -0.15) is 0 Å². The van der Waals surface area contributed by atoms with Crippen LogP contribution >= 0.6 is 0 Å². The number of rotatable bonds is 4. The number of furan rings is 1. The Hall–Kier alpha value is -8.08. The number of aromatic nitrogens is 3. The van der Waals surface area contributed by atoms with Crippen molar-refractivity contribution >= 4 is 54.5 Å². The van der Waals surface area contributed by atoms with E-state index in [1.165, 1.54) is 32.7 Å².